The number of para-hydroxylation sites is 1. The largest absolute Gasteiger partial charge is 0.457 e. The van der Waals surface area contributed by atoms with E-state index in [4.69, 9.17) is 21.2 Å². The molecule has 4 nitrogen and oxygen atoms in total. The number of hydroxylamine groups is 1. The molecule has 0 amide bonds. The lowest BCUT2D eigenvalue weighted by atomic mass is 10.2. The van der Waals surface area contributed by atoms with Gasteiger partial charge in [-0.1, -0.05) is 55.8 Å². The van der Waals surface area contributed by atoms with Gasteiger partial charge in [0, 0.05) is 5.92 Å². The molecular formula is C24H22ClF3N2O2. The molecular weight excluding hydrogens is 441 g/mol. The highest BCUT2D eigenvalue weighted by Crippen LogP contribution is 2.35. The van der Waals surface area contributed by atoms with Crippen LogP contribution in [0, 0.1) is 5.92 Å². The highest BCUT2D eigenvalue weighted by atomic mass is 35.5. The molecule has 3 aromatic rings. The van der Waals surface area contributed by atoms with Crippen LogP contribution in [0.25, 0.3) is 0 Å². The normalized spacial score (nSPS) is 12.2. The fourth-order valence-corrected chi connectivity index (χ4v) is 2.91. The number of alkyl halides is 3. The number of aliphatic imine (C=N–C) groups is 1. The molecule has 0 heterocycles. The van der Waals surface area contributed by atoms with Gasteiger partial charge < -0.3 is 4.74 Å². The first-order valence-corrected chi connectivity index (χ1v) is 10.2. The summed E-state index contributed by atoms with van der Waals surface area (Å²) in [5, 5.41) is -0.0921. The Kier molecular flexibility index (Phi) is 7.77. The lowest BCUT2D eigenvalue weighted by Crippen LogP contribution is -2.28. The van der Waals surface area contributed by atoms with Gasteiger partial charge in [0.2, 0.25) is 0 Å². The molecule has 1 N–H and O–H groups in total. The van der Waals surface area contributed by atoms with E-state index in [2.05, 4.69) is 10.5 Å². The van der Waals surface area contributed by atoms with Gasteiger partial charge in [-0.15, -0.1) is 0 Å². The molecule has 0 spiro atoms. The van der Waals surface area contributed by atoms with Crippen LogP contribution in [-0.4, -0.2) is 5.84 Å². The summed E-state index contributed by atoms with van der Waals surface area (Å²) in [6, 6.07) is 19.9. The van der Waals surface area contributed by atoms with Crippen LogP contribution in [0.15, 0.2) is 77.8 Å². The molecule has 0 saturated carbocycles. The topological polar surface area (TPSA) is 42.9 Å². The first-order chi connectivity index (χ1) is 15.2. The van der Waals surface area contributed by atoms with Crippen LogP contribution in [0.4, 0.5) is 18.9 Å². The summed E-state index contributed by atoms with van der Waals surface area (Å²) in [4.78, 5) is 9.92. The molecule has 8 heteroatoms. The maximum atomic E-state index is 12.8. The highest BCUT2D eigenvalue weighted by Gasteiger charge is 2.30. The average Bonchev–Trinajstić information content (AvgIpc) is 2.74. The van der Waals surface area contributed by atoms with Crippen molar-refractivity contribution in [3.63, 3.8) is 0 Å². The van der Waals surface area contributed by atoms with Crippen molar-refractivity contribution in [3.8, 4) is 11.5 Å². The van der Waals surface area contributed by atoms with Gasteiger partial charge in [0.1, 0.15) is 17.3 Å². The molecule has 0 atom stereocenters. The summed E-state index contributed by atoms with van der Waals surface area (Å²) in [6.45, 7) is 3.97. The Morgan fingerprint density at radius 1 is 0.969 bits per heavy atom. The Balaban J connectivity index is 1.65. The number of rotatable bonds is 7. The standard InChI is InChI=1S/C24H22ClF3N2O2/c1-16(2)23(29-22-12-11-18(14-21(22)25)24(26,27)28)30-31-15-17-7-6-10-20(13-17)32-19-8-4-3-5-9-19/h3-14,16H,15H2,1-2H3,(H,29,30). The van der Waals surface area contributed by atoms with Crippen molar-refractivity contribution in [3.05, 3.63) is 88.9 Å². The van der Waals surface area contributed by atoms with Crippen molar-refractivity contribution in [2.45, 2.75) is 26.6 Å². The van der Waals surface area contributed by atoms with Gasteiger partial charge in [-0.05, 0) is 48.0 Å². The summed E-state index contributed by atoms with van der Waals surface area (Å²) in [7, 11) is 0. The van der Waals surface area contributed by atoms with Gasteiger partial charge in [-0.25, -0.2) is 4.99 Å². The maximum Gasteiger partial charge on any atom is 0.416 e. The second kappa shape index (κ2) is 10.5. The molecule has 0 aliphatic rings. The fraction of sp³-hybridized carbons (Fsp3) is 0.208. The number of hydrogen-bond acceptors (Lipinski definition) is 3. The third-order valence-corrected chi connectivity index (χ3v) is 4.66. The molecule has 0 unspecified atom stereocenters. The quantitative estimate of drug-likeness (QED) is 0.224. The van der Waals surface area contributed by atoms with E-state index in [1.165, 1.54) is 6.07 Å². The molecule has 3 rings (SSSR count). The van der Waals surface area contributed by atoms with Crippen molar-refractivity contribution in [1.29, 1.82) is 0 Å². The zero-order chi connectivity index (χ0) is 23.1. The van der Waals surface area contributed by atoms with Crippen LogP contribution in [-0.2, 0) is 17.6 Å². The Morgan fingerprint density at radius 3 is 2.34 bits per heavy atom. The number of nitrogens with zero attached hydrogens (tertiary/aromatic N) is 1. The number of nitrogens with one attached hydrogen (secondary N) is 1. The first-order valence-electron chi connectivity index (χ1n) is 9.87. The average molecular weight is 463 g/mol. The summed E-state index contributed by atoms with van der Waals surface area (Å²) < 4.78 is 44.3. The highest BCUT2D eigenvalue weighted by molar-refractivity contribution is 6.33. The molecule has 0 aliphatic carbocycles. The van der Waals surface area contributed by atoms with E-state index in [1.54, 1.807) is 0 Å². The number of benzene rings is 3. The molecule has 0 bridgehead atoms. The van der Waals surface area contributed by atoms with Gasteiger partial charge in [0.25, 0.3) is 0 Å². The van der Waals surface area contributed by atoms with E-state index in [-0.39, 0.29) is 23.2 Å². The number of ether oxygens (including phenoxy) is 1. The lowest BCUT2D eigenvalue weighted by Gasteiger charge is -2.14. The minimum Gasteiger partial charge on any atom is -0.457 e. The Bertz CT molecular complexity index is 1070. The first kappa shape index (κ1) is 23.6. The summed E-state index contributed by atoms with van der Waals surface area (Å²) in [5.74, 6) is 1.75. The Morgan fingerprint density at radius 2 is 1.69 bits per heavy atom. The van der Waals surface area contributed by atoms with Crippen LogP contribution < -0.4 is 10.2 Å². The van der Waals surface area contributed by atoms with Crippen molar-refractivity contribution in [1.82, 2.24) is 5.48 Å². The molecule has 0 fully saturated rings. The molecule has 0 radical (unpaired) electrons. The lowest BCUT2D eigenvalue weighted by molar-refractivity contribution is -0.137. The van der Waals surface area contributed by atoms with Crippen LogP contribution in [0.1, 0.15) is 25.0 Å². The maximum absolute atomic E-state index is 12.8. The SMILES string of the molecule is CC(C)C(=Nc1ccc(C(F)(F)F)cc1Cl)NOCc1cccc(Oc2ccccc2)c1. The van der Waals surface area contributed by atoms with E-state index >= 15 is 0 Å². The van der Waals surface area contributed by atoms with Crippen LogP contribution >= 0.6 is 11.6 Å². The zero-order valence-corrected chi connectivity index (χ0v) is 18.2. The van der Waals surface area contributed by atoms with E-state index in [0.29, 0.717) is 11.6 Å². The molecule has 0 aliphatic heterocycles. The number of amidine groups is 1. The second-order valence-electron chi connectivity index (χ2n) is 7.27. The minimum absolute atomic E-state index is 0.0823. The van der Waals surface area contributed by atoms with Crippen molar-refractivity contribution >= 4 is 23.1 Å². The van der Waals surface area contributed by atoms with Gasteiger partial charge >= 0.3 is 6.18 Å². The Labute approximate surface area is 189 Å². The van der Waals surface area contributed by atoms with Crippen molar-refractivity contribution < 1.29 is 22.7 Å². The Hall–Kier alpha value is -3.03. The molecule has 0 saturated heterocycles. The minimum atomic E-state index is -4.47. The van der Waals surface area contributed by atoms with Crippen LogP contribution in [0.3, 0.4) is 0 Å². The predicted molar refractivity (Wildman–Crippen MR) is 119 cm³/mol. The summed E-state index contributed by atoms with van der Waals surface area (Å²) in [6.07, 6.45) is -4.47. The van der Waals surface area contributed by atoms with E-state index in [0.717, 1.165) is 23.4 Å². The van der Waals surface area contributed by atoms with E-state index < -0.39 is 11.7 Å². The third kappa shape index (κ3) is 6.73. The third-order valence-electron chi connectivity index (χ3n) is 4.36. The molecule has 3 aromatic carbocycles. The fourth-order valence-electron chi connectivity index (χ4n) is 2.69. The number of halogens is 4. The van der Waals surface area contributed by atoms with Gasteiger partial charge in [-0.2, -0.15) is 13.2 Å². The van der Waals surface area contributed by atoms with Crippen molar-refractivity contribution in [2.75, 3.05) is 0 Å². The van der Waals surface area contributed by atoms with Crippen molar-refractivity contribution in [2.24, 2.45) is 10.9 Å². The second-order valence-corrected chi connectivity index (χ2v) is 7.68. The molecule has 168 valence electrons. The summed E-state index contributed by atoms with van der Waals surface area (Å²) >= 11 is 6.01. The van der Waals surface area contributed by atoms with Gasteiger partial charge in [0.15, 0.2) is 0 Å². The van der Waals surface area contributed by atoms with E-state index in [9.17, 15) is 13.2 Å². The van der Waals surface area contributed by atoms with Gasteiger partial charge in [-0.3, -0.25) is 10.3 Å². The zero-order valence-electron chi connectivity index (χ0n) is 17.5. The molecule has 32 heavy (non-hydrogen) atoms. The number of hydrogen-bond donors (Lipinski definition) is 1. The van der Waals surface area contributed by atoms with E-state index in [1.807, 2.05) is 68.4 Å². The van der Waals surface area contributed by atoms with Crippen LogP contribution in [0.2, 0.25) is 5.02 Å². The van der Waals surface area contributed by atoms with Crippen LogP contribution in [0.5, 0.6) is 11.5 Å². The smallest absolute Gasteiger partial charge is 0.416 e. The molecule has 0 aromatic heterocycles. The van der Waals surface area contributed by atoms with Gasteiger partial charge in [0.05, 0.1) is 22.9 Å². The monoisotopic (exact) mass is 462 g/mol. The summed E-state index contributed by atoms with van der Waals surface area (Å²) in [5.41, 5.74) is 3.04. The predicted octanol–water partition coefficient (Wildman–Crippen LogP) is 7.56.